The number of rotatable bonds is 4. The summed E-state index contributed by atoms with van der Waals surface area (Å²) < 4.78 is 3.34. The number of H-pyrrole nitrogens is 1. The number of aromatic nitrogens is 4. The second kappa shape index (κ2) is 7.37. The van der Waals surface area contributed by atoms with Crippen LogP contribution < -0.4 is 0 Å². The fourth-order valence-corrected chi connectivity index (χ4v) is 3.45. The van der Waals surface area contributed by atoms with Crippen molar-refractivity contribution in [3.63, 3.8) is 0 Å². The maximum Gasteiger partial charge on any atom is 0.275 e. The molecule has 1 saturated heterocycles. The van der Waals surface area contributed by atoms with Crippen LogP contribution in [0, 0.1) is 6.92 Å². The largest absolute Gasteiger partial charge is 0.335 e. The molecular formula is C15H20Br2N6O. The Morgan fingerprint density at radius 3 is 2.54 bits per heavy atom. The van der Waals surface area contributed by atoms with Gasteiger partial charge in [0.05, 0.1) is 10.2 Å². The Labute approximate surface area is 157 Å². The number of carbonyl (C=O) groups is 1. The molecule has 0 unspecified atom stereocenters. The van der Waals surface area contributed by atoms with Crippen molar-refractivity contribution in [1.29, 1.82) is 0 Å². The molecule has 0 aliphatic carbocycles. The van der Waals surface area contributed by atoms with Gasteiger partial charge < -0.3 is 4.90 Å². The minimum Gasteiger partial charge on any atom is -0.335 e. The lowest BCUT2D eigenvalue weighted by Gasteiger charge is -2.34. The zero-order valence-electron chi connectivity index (χ0n) is 13.7. The van der Waals surface area contributed by atoms with E-state index in [9.17, 15) is 4.79 Å². The second-order valence-corrected chi connectivity index (χ2v) is 7.45. The van der Waals surface area contributed by atoms with E-state index < -0.39 is 0 Å². The van der Waals surface area contributed by atoms with Crippen molar-refractivity contribution in [3.05, 3.63) is 32.2 Å². The summed E-state index contributed by atoms with van der Waals surface area (Å²) in [7, 11) is 0. The molecule has 2 aromatic rings. The zero-order chi connectivity index (χ0) is 17.3. The van der Waals surface area contributed by atoms with E-state index in [4.69, 9.17) is 0 Å². The molecule has 0 atom stereocenters. The van der Waals surface area contributed by atoms with Crippen molar-refractivity contribution >= 4 is 37.8 Å². The molecule has 2 aromatic heterocycles. The first-order chi connectivity index (χ1) is 11.5. The minimum absolute atomic E-state index is 0.0431. The molecule has 1 aliphatic rings. The number of nitrogens with zero attached hydrogens (tertiary/aromatic N) is 5. The molecule has 0 radical (unpaired) electrons. The van der Waals surface area contributed by atoms with Gasteiger partial charge in [-0.2, -0.15) is 10.2 Å². The van der Waals surface area contributed by atoms with E-state index in [1.807, 2.05) is 16.5 Å². The van der Waals surface area contributed by atoms with E-state index in [2.05, 4.69) is 65.2 Å². The van der Waals surface area contributed by atoms with Crippen molar-refractivity contribution in [2.45, 2.75) is 26.9 Å². The third-order valence-corrected chi connectivity index (χ3v) is 6.17. The van der Waals surface area contributed by atoms with Gasteiger partial charge in [-0.15, -0.1) is 0 Å². The number of piperazine rings is 1. The van der Waals surface area contributed by atoms with E-state index in [1.165, 1.54) is 5.56 Å². The molecule has 3 rings (SSSR count). The van der Waals surface area contributed by atoms with Gasteiger partial charge in [0, 0.05) is 51.0 Å². The van der Waals surface area contributed by atoms with Crippen molar-refractivity contribution in [1.82, 2.24) is 29.8 Å². The van der Waals surface area contributed by atoms with Gasteiger partial charge in [0.25, 0.3) is 5.91 Å². The van der Waals surface area contributed by atoms with E-state index in [-0.39, 0.29) is 5.91 Å². The highest BCUT2D eigenvalue weighted by molar-refractivity contribution is 9.13. The zero-order valence-corrected chi connectivity index (χ0v) is 16.9. The predicted octanol–water partition coefficient (Wildman–Crippen LogP) is 2.42. The highest BCUT2D eigenvalue weighted by Gasteiger charge is 2.26. The van der Waals surface area contributed by atoms with Gasteiger partial charge in [-0.05, 0) is 45.7 Å². The van der Waals surface area contributed by atoms with Crippen LogP contribution in [0.2, 0.25) is 0 Å². The van der Waals surface area contributed by atoms with Crippen molar-refractivity contribution in [3.8, 4) is 0 Å². The fourth-order valence-electron chi connectivity index (χ4n) is 2.82. The van der Waals surface area contributed by atoms with E-state index in [0.29, 0.717) is 27.9 Å². The number of nitrogens with one attached hydrogen (secondary N) is 1. The van der Waals surface area contributed by atoms with Gasteiger partial charge in [0.2, 0.25) is 0 Å². The third kappa shape index (κ3) is 3.57. The molecule has 1 N–H and O–H groups in total. The van der Waals surface area contributed by atoms with Gasteiger partial charge in [0.15, 0.2) is 5.69 Å². The fraction of sp³-hybridized carbons (Fsp3) is 0.533. The first-order valence-corrected chi connectivity index (χ1v) is 9.52. The quantitative estimate of drug-likeness (QED) is 0.762. The van der Waals surface area contributed by atoms with Crippen LogP contribution in [0.1, 0.15) is 28.7 Å². The summed E-state index contributed by atoms with van der Waals surface area (Å²) in [5.74, 6) is -0.0431. The summed E-state index contributed by atoms with van der Waals surface area (Å²) in [6.45, 7) is 9.02. The lowest BCUT2D eigenvalue weighted by molar-refractivity contribution is 0.0621. The van der Waals surface area contributed by atoms with Gasteiger partial charge in [0.1, 0.15) is 4.60 Å². The standard InChI is InChI=1S/C15H20Br2N6O/c1-3-23-9-11(10(2)20-23)8-21-4-6-22(7-5-21)15(24)13-12(16)14(17)19-18-13/h9H,3-8H2,1-2H3,(H,18,19). The number of hydrogen-bond acceptors (Lipinski definition) is 4. The molecule has 0 aromatic carbocycles. The molecule has 0 saturated carbocycles. The van der Waals surface area contributed by atoms with Crippen LogP contribution in [0.5, 0.6) is 0 Å². The smallest absolute Gasteiger partial charge is 0.275 e. The molecule has 1 aliphatic heterocycles. The number of amides is 1. The minimum atomic E-state index is -0.0431. The highest BCUT2D eigenvalue weighted by Crippen LogP contribution is 2.25. The summed E-state index contributed by atoms with van der Waals surface area (Å²) in [4.78, 5) is 16.8. The molecule has 7 nitrogen and oxygen atoms in total. The second-order valence-electron chi connectivity index (χ2n) is 5.86. The van der Waals surface area contributed by atoms with E-state index in [0.717, 1.165) is 31.9 Å². The SMILES string of the molecule is CCn1cc(CN2CCN(C(=O)c3n[nH]c(Br)c3Br)CC2)c(C)n1. The Balaban J connectivity index is 1.58. The van der Waals surface area contributed by atoms with Crippen LogP contribution in [0.15, 0.2) is 15.3 Å². The summed E-state index contributed by atoms with van der Waals surface area (Å²) in [6, 6.07) is 0. The number of halogens is 2. The van der Waals surface area contributed by atoms with E-state index >= 15 is 0 Å². The van der Waals surface area contributed by atoms with Crippen molar-refractivity contribution < 1.29 is 4.79 Å². The molecule has 3 heterocycles. The normalized spacial score (nSPS) is 15.9. The van der Waals surface area contributed by atoms with Crippen LogP contribution in [0.4, 0.5) is 0 Å². The van der Waals surface area contributed by atoms with Crippen LogP contribution >= 0.6 is 31.9 Å². The van der Waals surface area contributed by atoms with Gasteiger partial charge in [-0.3, -0.25) is 19.5 Å². The van der Waals surface area contributed by atoms with Gasteiger partial charge in [-0.1, -0.05) is 0 Å². The maximum atomic E-state index is 12.6. The van der Waals surface area contributed by atoms with Gasteiger partial charge >= 0.3 is 0 Å². The topological polar surface area (TPSA) is 70.1 Å². The monoisotopic (exact) mass is 458 g/mol. The van der Waals surface area contributed by atoms with Crippen LogP contribution in [-0.4, -0.2) is 61.9 Å². The average molecular weight is 460 g/mol. The Morgan fingerprint density at radius 1 is 1.29 bits per heavy atom. The molecule has 1 amide bonds. The Morgan fingerprint density at radius 2 is 2.00 bits per heavy atom. The van der Waals surface area contributed by atoms with Crippen LogP contribution in [0.3, 0.4) is 0 Å². The van der Waals surface area contributed by atoms with Gasteiger partial charge in [-0.25, -0.2) is 0 Å². The van der Waals surface area contributed by atoms with Crippen molar-refractivity contribution in [2.75, 3.05) is 26.2 Å². The average Bonchev–Trinajstić information content (AvgIpc) is 3.11. The predicted molar refractivity (Wildman–Crippen MR) is 97.8 cm³/mol. The molecule has 1 fully saturated rings. The first kappa shape index (κ1) is 17.6. The molecule has 0 bridgehead atoms. The molecule has 130 valence electrons. The Bertz CT molecular complexity index is 732. The van der Waals surface area contributed by atoms with E-state index in [1.54, 1.807) is 0 Å². The van der Waals surface area contributed by atoms with Crippen molar-refractivity contribution in [2.24, 2.45) is 0 Å². The van der Waals surface area contributed by atoms with Crippen LogP contribution in [0.25, 0.3) is 0 Å². The maximum absolute atomic E-state index is 12.6. The number of hydrogen-bond donors (Lipinski definition) is 1. The summed E-state index contributed by atoms with van der Waals surface area (Å²) in [5, 5.41) is 11.3. The number of aryl methyl sites for hydroxylation is 2. The van der Waals surface area contributed by atoms with Crippen LogP contribution in [-0.2, 0) is 13.1 Å². The molecule has 0 spiro atoms. The molecule has 9 heteroatoms. The Kier molecular flexibility index (Phi) is 5.41. The first-order valence-electron chi connectivity index (χ1n) is 7.93. The number of carbonyl (C=O) groups excluding carboxylic acids is 1. The third-order valence-electron chi connectivity index (χ3n) is 4.29. The lowest BCUT2D eigenvalue weighted by atomic mass is 10.2. The lowest BCUT2D eigenvalue weighted by Crippen LogP contribution is -2.48. The summed E-state index contributed by atoms with van der Waals surface area (Å²) in [6.07, 6.45) is 2.12. The summed E-state index contributed by atoms with van der Waals surface area (Å²) in [5.41, 5.74) is 2.77. The summed E-state index contributed by atoms with van der Waals surface area (Å²) >= 11 is 6.70. The number of aromatic amines is 1. The highest BCUT2D eigenvalue weighted by atomic mass is 79.9. The molecule has 24 heavy (non-hydrogen) atoms. The Hall–Kier alpha value is -1.19. The molecular weight excluding hydrogens is 440 g/mol.